The number of benzene rings is 1. The maximum atomic E-state index is 13.2. The third kappa shape index (κ3) is 4.74. The average molecular weight is 579 g/mol. The van der Waals surface area contributed by atoms with Gasteiger partial charge in [0, 0.05) is 0 Å². The van der Waals surface area contributed by atoms with Crippen LogP contribution in [-0.2, 0) is 16.0 Å². The summed E-state index contributed by atoms with van der Waals surface area (Å²) >= 11 is 0. The Morgan fingerprint density at radius 3 is 1.70 bits per heavy atom. The van der Waals surface area contributed by atoms with Crippen molar-refractivity contribution in [1.82, 2.24) is 9.80 Å². The van der Waals surface area contributed by atoms with Crippen molar-refractivity contribution in [3.63, 3.8) is 0 Å². The van der Waals surface area contributed by atoms with Crippen molar-refractivity contribution in [2.45, 2.75) is 166 Å². The third-order valence-electron chi connectivity index (χ3n) is 11.9. The molecule has 2 fully saturated rings. The van der Waals surface area contributed by atoms with Crippen LogP contribution in [0.1, 0.15) is 139 Å². The molecule has 0 aliphatic carbocycles. The molecule has 2 heterocycles. The molecule has 6 heteroatoms. The van der Waals surface area contributed by atoms with Gasteiger partial charge in [0.05, 0.1) is 0 Å². The molecule has 2 aliphatic heterocycles. The zero-order valence-corrected chi connectivity index (χ0v) is 29.7. The summed E-state index contributed by atoms with van der Waals surface area (Å²) in [5.74, 6) is 0. The van der Waals surface area contributed by atoms with Gasteiger partial charge in [-0.05, 0) is 0 Å². The van der Waals surface area contributed by atoms with Gasteiger partial charge in [0.15, 0.2) is 0 Å². The summed E-state index contributed by atoms with van der Waals surface area (Å²) in [7, 11) is -1.38. The molecule has 0 spiro atoms. The average Bonchev–Trinajstić information content (AvgIpc) is 2.74. The predicted octanol–water partition coefficient (Wildman–Crippen LogP) is 7.69. The molecule has 232 valence electrons. The number of nitrogens with zero attached hydrogens (tertiary/aromatic N) is 2. The minimum atomic E-state index is -5.56. The van der Waals surface area contributed by atoms with E-state index in [0.717, 1.165) is 24.0 Å². The molecule has 0 aromatic heterocycles. The number of piperidine rings is 2. The van der Waals surface area contributed by atoms with E-state index in [2.05, 4.69) is 139 Å². The number of likely N-dealkylation sites (tertiary alicyclic amines) is 2. The molecule has 2 unspecified atom stereocenters. The molecular formula is C34H63N2O3P. The van der Waals surface area contributed by atoms with Crippen LogP contribution in [0, 0.1) is 0 Å². The SMILES string of the molecule is CN1C(C)(C)CCC(P(O)(O)(O)C2(c3ccc(C(C)(C)C)cc3C(C)(C)C)CCC(C)(C)N(C)C2(C)C)C1(C)C. The van der Waals surface area contributed by atoms with E-state index in [1.165, 1.54) is 5.56 Å². The van der Waals surface area contributed by atoms with Crippen LogP contribution in [0.3, 0.4) is 0 Å². The van der Waals surface area contributed by atoms with Crippen molar-refractivity contribution in [2.75, 3.05) is 14.1 Å². The van der Waals surface area contributed by atoms with Gasteiger partial charge in [-0.1, -0.05) is 0 Å². The van der Waals surface area contributed by atoms with Gasteiger partial charge in [-0.25, -0.2) is 0 Å². The molecule has 2 aliphatic rings. The summed E-state index contributed by atoms with van der Waals surface area (Å²) in [6, 6.07) is 6.58. The summed E-state index contributed by atoms with van der Waals surface area (Å²) < 4.78 is 0. The zero-order valence-electron chi connectivity index (χ0n) is 28.8. The Kier molecular flexibility index (Phi) is 7.83. The van der Waals surface area contributed by atoms with Gasteiger partial charge in [-0.15, -0.1) is 0 Å². The summed E-state index contributed by atoms with van der Waals surface area (Å²) in [6.45, 7) is 30.6. The Balaban J connectivity index is 2.52. The second-order valence-electron chi connectivity index (χ2n) is 17.7. The van der Waals surface area contributed by atoms with Crippen LogP contribution in [0.25, 0.3) is 0 Å². The molecule has 40 heavy (non-hydrogen) atoms. The molecule has 5 nitrogen and oxygen atoms in total. The number of hydrogen-bond donors (Lipinski definition) is 3. The van der Waals surface area contributed by atoms with Crippen molar-refractivity contribution in [2.24, 2.45) is 0 Å². The van der Waals surface area contributed by atoms with Crippen LogP contribution < -0.4 is 0 Å². The van der Waals surface area contributed by atoms with Crippen LogP contribution in [0.5, 0.6) is 0 Å². The first kappa shape index (κ1) is 33.9. The van der Waals surface area contributed by atoms with Gasteiger partial charge in [0.1, 0.15) is 0 Å². The topological polar surface area (TPSA) is 67.2 Å². The number of hydrogen-bond acceptors (Lipinski definition) is 5. The van der Waals surface area contributed by atoms with Crippen molar-refractivity contribution in [1.29, 1.82) is 0 Å². The van der Waals surface area contributed by atoms with Gasteiger partial charge < -0.3 is 0 Å². The Morgan fingerprint density at radius 1 is 0.725 bits per heavy atom. The maximum absolute atomic E-state index is 13.2. The van der Waals surface area contributed by atoms with Crippen molar-refractivity contribution < 1.29 is 14.7 Å². The zero-order chi connectivity index (χ0) is 31.4. The van der Waals surface area contributed by atoms with Crippen molar-refractivity contribution in [3.05, 3.63) is 34.9 Å². The van der Waals surface area contributed by atoms with Gasteiger partial charge >= 0.3 is 247 Å². The molecule has 0 bridgehead atoms. The fourth-order valence-corrected chi connectivity index (χ4v) is 13.4. The molecule has 1 aromatic carbocycles. The fourth-order valence-electron chi connectivity index (χ4n) is 8.52. The van der Waals surface area contributed by atoms with Crippen LogP contribution in [-0.4, -0.2) is 66.4 Å². The molecular weight excluding hydrogens is 515 g/mol. The van der Waals surface area contributed by atoms with Crippen LogP contribution >= 0.6 is 7.28 Å². The second-order valence-corrected chi connectivity index (χ2v) is 21.1. The quantitative estimate of drug-likeness (QED) is 0.321. The van der Waals surface area contributed by atoms with Gasteiger partial charge in [0.2, 0.25) is 0 Å². The standard InChI is InChI=1S/C34H63N2O3P/c1-28(2,3)24-17-18-25(26(23-24)29(4,5)6)34(22-21-31(9,10)36(16)33(34,13)14)40(37,38,39)27-19-20-30(7,8)35(15)32(27,11)12/h17-18,23,27,37-39H,19-22H2,1-16H3. The van der Waals surface area contributed by atoms with Crippen molar-refractivity contribution >= 4 is 7.28 Å². The van der Waals surface area contributed by atoms with Crippen molar-refractivity contribution in [3.8, 4) is 0 Å². The van der Waals surface area contributed by atoms with E-state index in [0.29, 0.717) is 12.8 Å². The predicted molar refractivity (Wildman–Crippen MR) is 173 cm³/mol. The monoisotopic (exact) mass is 578 g/mol. The normalized spacial score (nSPS) is 30.5. The molecule has 1 aromatic rings. The second kappa shape index (κ2) is 9.23. The first-order valence-electron chi connectivity index (χ1n) is 15.4. The Hall–Kier alpha value is -0.550. The van der Waals surface area contributed by atoms with Gasteiger partial charge in [0.25, 0.3) is 0 Å². The van der Waals surface area contributed by atoms with E-state index in [-0.39, 0.29) is 21.9 Å². The van der Waals surface area contributed by atoms with E-state index in [1.807, 2.05) is 0 Å². The molecule has 3 rings (SSSR count). The fraction of sp³-hybridized carbons (Fsp3) is 0.824. The van der Waals surface area contributed by atoms with Gasteiger partial charge in [-0.2, -0.15) is 0 Å². The summed E-state index contributed by atoms with van der Waals surface area (Å²) in [4.78, 5) is 44.1. The summed E-state index contributed by atoms with van der Waals surface area (Å²) in [6.07, 6.45) is 2.58. The Labute approximate surface area is 246 Å². The molecule has 0 amide bonds. The van der Waals surface area contributed by atoms with E-state index in [9.17, 15) is 14.7 Å². The molecule has 3 N–H and O–H groups in total. The van der Waals surface area contributed by atoms with E-state index < -0.39 is 29.2 Å². The molecule has 2 atom stereocenters. The Bertz CT molecular complexity index is 1130. The summed E-state index contributed by atoms with van der Waals surface area (Å²) in [5.41, 5.74) is 0.492. The first-order valence-corrected chi connectivity index (χ1v) is 17.5. The van der Waals surface area contributed by atoms with Crippen LogP contribution in [0.15, 0.2) is 18.2 Å². The third-order valence-corrected chi connectivity index (χ3v) is 16.4. The number of likely N-dealkylation sites (N-methyl/N-ethyl adjacent to an activating group) is 1. The van der Waals surface area contributed by atoms with Crippen LogP contribution in [0.2, 0.25) is 0 Å². The minimum absolute atomic E-state index is 0.0601. The molecule has 0 saturated carbocycles. The molecule has 2 saturated heterocycles. The number of rotatable bonds is 3. The van der Waals surface area contributed by atoms with Crippen LogP contribution in [0.4, 0.5) is 0 Å². The summed E-state index contributed by atoms with van der Waals surface area (Å²) in [5, 5.41) is -1.29. The molecule has 0 radical (unpaired) electrons. The Morgan fingerprint density at radius 2 is 1.23 bits per heavy atom. The first-order chi connectivity index (χ1) is 17.5. The van der Waals surface area contributed by atoms with Gasteiger partial charge in [-0.3, -0.25) is 0 Å². The van der Waals surface area contributed by atoms with E-state index in [4.69, 9.17) is 0 Å². The van der Waals surface area contributed by atoms with E-state index in [1.54, 1.807) is 0 Å². The van der Waals surface area contributed by atoms with E-state index >= 15 is 0 Å².